The first-order chi connectivity index (χ1) is 5.86. The Bertz CT molecular complexity index is 95.6. The second-order valence-corrected chi connectivity index (χ2v) is 3.48. The maximum atomic E-state index is 8.22. The zero-order valence-electron chi connectivity index (χ0n) is 7.11. The predicted molar refractivity (Wildman–Crippen MR) is 42.6 cm³/mol. The molecular formula is C8H16O4. The van der Waals surface area contributed by atoms with E-state index in [1.54, 1.807) is 0 Å². The maximum Gasteiger partial charge on any atom is 0.0847 e. The lowest BCUT2D eigenvalue weighted by Gasteiger charge is -2.26. The minimum absolute atomic E-state index is 0.437. The standard InChI is InChI=1S/C8H16O4/c9-11-5-7-1-2-8(4-3-7)6-12-10/h7-10H,1-6H2. The van der Waals surface area contributed by atoms with Crippen molar-refractivity contribution in [3.63, 3.8) is 0 Å². The highest BCUT2D eigenvalue weighted by atomic mass is 17.1. The van der Waals surface area contributed by atoms with Crippen molar-refractivity contribution in [3.05, 3.63) is 0 Å². The number of rotatable bonds is 4. The van der Waals surface area contributed by atoms with E-state index in [1.807, 2.05) is 0 Å². The largest absolute Gasteiger partial charge is 0.252 e. The summed E-state index contributed by atoms with van der Waals surface area (Å²) < 4.78 is 0. The average Bonchev–Trinajstić information content (AvgIpc) is 2.09. The first kappa shape index (κ1) is 9.92. The summed E-state index contributed by atoms with van der Waals surface area (Å²) in [6, 6.07) is 0. The molecule has 4 heteroatoms. The van der Waals surface area contributed by atoms with E-state index in [-0.39, 0.29) is 0 Å². The van der Waals surface area contributed by atoms with E-state index >= 15 is 0 Å². The first-order valence-corrected chi connectivity index (χ1v) is 4.39. The minimum Gasteiger partial charge on any atom is -0.252 e. The molecule has 0 heterocycles. The zero-order chi connectivity index (χ0) is 8.81. The van der Waals surface area contributed by atoms with Crippen molar-refractivity contribution < 1.29 is 20.3 Å². The molecule has 1 saturated carbocycles. The molecule has 2 N–H and O–H groups in total. The summed E-state index contributed by atoms with van der Waals surface area (Å²) in [6.07, 6.45) is 4.20. The molecule has 1 fully saturated rings. The van der Waals surface area contributed by atoms with Gasteiger partial charge in [0, 0.05) is 0 Å². The van der Waals surface area contributed by atoms with Gasteiger partial charge in [-0.15, -0.1) is 0 Å². The molecule has 1 rings (SSSR count). The highest BCUT2D eigenvalue weighted by molar-refractivity contribution is 4.71. The molecule has 1 aliphatic rings. The molecule has 0 amide bonds. The van der Waals surface area contributed by atoms with Gasteiger partial charge in [-0.05, 0) is 37.5 Å². The third-order valence-corrected chi connectivity index (χ3v) is 2.59. The lowest BCUT2D eigenvalue weighted by atomic mass is 9.83. The van der Waals surface area contributed by atoms with Gasteiger partial charge in [-0.1, -0.05) is 0 Å². The van der Waals surface area contributed by atoms with E-state index < -0.39 is 0 Å². The summed E-state index contributed by atoms with van der Waals surface area (Å²) in [5.41, 5.74) is 0. The van der Waals surface area contributed by atoms with Crippen LogP contribution in [-0.2, 0) is 9.78 Å². The van der Waals surface area contributed by atoms with Gasteiger partial charge in [0.05, 0.1) is 13.2 Å². The molecule has 4 nitrogen and oxygen atoms in total. The van der Waals surface area contributed by atoms with Crippen molar-refractivity contribution in [2.75, 3.05) is 13.2 Å². The van der Waals surface area contributed by atoms with Crippen LogP contribution in [0, 0.1) is 11.8 Å². The van der Waals surface area contributed by atoms with E-state index in [0.717, 1.165) is 25.7 Å². The normalized spacial score (nSPS) is 30.5. The van der Waals surface area contributed by atoms with Gasteiger partial charge in [-0.2, -0.15) is 0 Å². The van der Waals surface area contributed by atoms with Gasteiger partial charge in [0.15, 0.2) is 0 Å². The molecule has 72 valence electrons. The van der Waals surface area contributed by atoms with Crippen molar-refractivity contribution in [1.82, 2.24) is 0 Å². The molecule has 0 aromatic heterocycles. The molecule has 0 radical (unpaired) electrons. The fourth-order valence-corrected chi connectivity index (χ4v) is 1.78. The smallest absolute Gasteiger partial charge is 0.0847 e. The van der Waals surface area contributed by atoms with Crippen LogP contribution in [0.2, 0.25) is 0 Å². The van der Waals surface area contributed by atoms with Crippen molar-refractivity contribution in [2.24, 2.45) is 11.8 Å². The van der Waals surface area contributed by atoms with Crippen LogP contribution in [0.3, 0.4) is 0 Å². The molecule has 0 bridgehead atoms. The molecule has 12 heavy (non-hydrogen) atoms. The second kappa shape index (κ2) is 5.48. The van der Waals surface area contributed by atoms with Gasteiger partial charge in [-0.3, -0.25) is 10.5 Å². The van der Waals surface area contributed by atoms with Crippen LogP contribution in [0.1, 0.15) is 25.7 Å². The van der Waals surface area contributed by atoms with Crippen LogP contribution < -0.4 is 0 Å². The van der Waals surface area contributed by atoms with Crippen LogP contribution in [0.4, 0.5) is 0 Å². The Labute approximate surface area is 72.0 Å². The van der Waals surface area contributed by atoms with Gasteiger partial charge in [0.2, 0.25) is 0 Å². The fourth-order valence-electron chi connectivity index (χ4n) is 1.78. The molecule has 0 unspecified atom stereocenters. The van der Waals surface area contributed by atoms with Crippen molar-refractivity contribution in [1.29, 1.82) is 0 Å². The van der Waals surface area contributed by atoms with Crippen LogP contribution in [0.5, 0.6) is 0 Å². The quantitative estimate of drug-likeness (QED) is 0.506. The second-order valence-electron chi connectivity index (χ2n) is 3.48. The Kier molecular flexibility index (Phi) is 4.53. The highest BCUT2D eigenvalue weighted by Crippen LogP contribution is 2.28. The van der Waals surface area contributed by atoms with E-state index in [2.05, 4.69) is 9.78 Å². The molecule has 0 aromatic rings. The Morgan fingerprint density at radius 1 is 0.833 bits per heavy atom. The Balaban J connectivity index is 2.11. The predicted octanol–water partition coefficient (Wildman–Crippen LogP) is 1.77. The van der Waals surface area contributed by atoms with Crippen LogP contribution in [0.15, 0.2) is 0 Å². The summed E-state index contributed by atoms with van der Waals surface area (Å²) in [5.74, 6) is 0.954. The SMILES string of the molecule is OOCC1CCC(COO)CC1. The Morgan fingerprint density at radius 2 is 1.17 bits per heavy atom. The van der Waals surface area contributed by atoms with Crippen LogP contribution >= 0.6 is 0 Å². The molecule has 1 aliphatic carbocycles. The number of hydrogen-bond acceptors (Lipinski definition) is 4. The fraction of sp³-hybridized carbons (Fsp3) is 1.00. The zero-order valence-corrected chi connectivity index (χ0v) is 7.11. The number of hydrogen-bond donors (Lipinski definition) is 2. The molecule has 0 atom stereocenters. The lowest BCUT2D eigenvalue weighted by molar-refractivity contribution is -0.259. The summed E-state index contributed by atoms with van der Waals surface area (Å²) in [7, 11) is 0. The summed E-state index contributed by atoms with van der Waals surface area (Å²) >= 11 is 0. The van der Waals surface area contributed by atoms with E-state index in [1.165, 1.54) is 0 Å². The monoisotopic (exact) mass is 176 g/mol. The summed E-state index contributed by atoms with van der Waals surface area (Å²) in [6.45, 7) is 0.874. The highest BCUT2D eigenvalue weighted by Gasteiger charge is 2.21. The van der Waals surface area contributed by atoms with E-state index in [9.17, 15) is 0 Å². The maximum absolute atomic E-state index is 8.22. The van der Waals surface area contributed by atoms with Gasteiger partial charge in [0.1, 0.15) is 0 Å². The summed E-state index contributed by atoms with van der Waals surface area (Å²) in [4.78, 5) is 8.19. The van der Waals surface area contributed by atoms with Crippen molar-refractivity contribution >= 4 is 0 Å². The Hall–Kier alpha value is -0.160. The average molecular weight is 176 g/mol. The van der Waals surface area contributed by atoms with Gasteiger partial charge < -0.3 is 0 Å². The summed E-state index contributed by atoms with van der Waals surface area (Å²) in [5, 5.41) is 16.4. The van der Waals surface area contributed by atoms with Crippen LogP contribution in [-0.4, -0.2) is 23.7 Å². The Morgan fingerprint density at radius 3 is 1.42 bits per heavy atom. The molecule has 0 aliphatic heterocycles. The van der Waals surface area contributed by atoms with Gasteiger partial charge in [-0.25, -0.2) is 9.78 Å². The molecule has 0 saturated heterocycles. The van der Waals surface area contributed by atoms with Gasteiger partial charge in [0.25, 0.3) is 0 Å². The minimum atomic E-state index is 0.437. The lowest BCUT2D eigenvalue weighted by Crippen LogP contribution is -2.20. The third-order valence-electron chi connectivity index (χ3n) is 2.59. The van der Waals surface area contributed by atoms with Crippen molar-refractivity contribution in [3.8, 4) is 0 Å². The van der Waals surface area contributed by atoms with E-state index in [0.29, 0.717) is 25.0 Å². The molecular weight excluding hydrogens is 160 g/mol. The van der Waals surface area contributed by atoms with Gasteiger partial charge >= 0.3 is 0 Å². The van der Waals surface area contributed by atoms with Crippen molar-refractivity contribution in [2.45, 2.75) is 25.7 Å². The van der Waals surface area contributed by atoms with E-state index in [4.69, 9.17) is 10.5 Å². The third kappa shape index (κ3) is 3.06. The first-order valence-electron chi connectivity index (χ1n) is 4.39. The topological polar surface area (TPSA) is 58.9 Å². The molecule has 0 aromatic carbocycles. The molecule has 0 spiro atoms. The van der Waals surface area contributed by atoms with Crippen LogP contribution in [0.25, 0.3) is 0 Å².